The molecule has 0 unspecified atom stereocenters. The second-order valence-corrected chi connectivity index (χ2v) is 7.68. The van der Waals surface area contributed by atoms with Gasteiger partial charge in [0.05, 0.1) is 24.1 Å². The number of carbonyl (C=O) groups excluding carboxylic acids is 1. The third-order valence-electron chi connectivity index (χ3n) is 5.31. The average molecular weight is 356 g/mol. The molecular formula is C20H24N2O2S. The molecule has 5 heteroatoms. The summed E-state index contributed by atoms with van der Waals surface area (Å²) in [6.07, 6.45) is 1.97. The van der Waals surface area contributed by atoms with E-state index in [-0.39, 0.29) is 11.9 Å². The molecule has 4 rings (SSSR count). The summed E-state index contributed by atoms with van der Waals surface area (Å²) in [5.41, 5.74) is 1.30. The van der Waals surface area contributed by atoms with Crippen molar-refractivity contribution in [3.05, 3.63) is 58.3 Å². The van der Waals surface area contributed by atoms with Crippen LogP contribution in [0.4, 0.5) is 0 Å². The van der Waals surface area contributed by atoms with Crippen LogP contribution >= 0.6 is 11.3 Å². The van der Waals surface area contributed by atoms with Crippen molar-refractivity contribution in [1.82, 2.24) is 9.80 Å². The van der Waals surface area contributed by atoms with E-state index in [0.717, 1.165) is 50.6 Å². The molecule has 0 N–H and O–H groups in total. The lowest BCUT2D eigenvalue weighted by Crippen LogP contribution is -2.51. The fraction of sp³-hybridized carbons (Fsp3) is 0.450. The molecule has 0 spiro atoms. The van der Waals surface area contributed by atoms with Gasteiger partial charge in [0.25, 0.3) is 5.91 Å². The summed E-state index contributed by atoms with van der Waals surface area (Å²) < 4.78 is 5.53. The van der Waals surface area contributed by atoms with Crippen molar-refractivity contribution >= 4 is 17.2 Å². The first-order valence-corrected chi connectivity index (χ1v) is 9.91. The molecule has 0 bridgehead atoms. The maximum absolute atomic E-state index is 13.0. The number of ether oxygens (including phenoxy) is 1. The van der Waals surface area contributed by atoms with Crippen molar-refractivity contribution < 1.29 is 9.53 Å². The fourth-order valence-corrected chi connectivity index (χ4v) is 4.75. The zero-order valence-corrected chi connectivity index (χ0v) is 15.2. The Labute approximate surface area is 153 Å². The van der Waals surface area contributed by atoms with Crippen molar-refractivity contribution in [3.8, 4) is 0 Å². The number of amides is 1. The van der Waals surface area contributed by atoms with Gasteiger partial charge in [-0.2, -0.15) is 0 Å². The predicted molar refractivity (Wildman–Crippen MR) is 100 cm³/mol. The molecule has 0 saturated carbocycles. The number of likely N-dealkylation sites (tertiary alicyclic amines) is 1. The summed E-state index contributed by atoms with van der Waals surface area (Å²) >= 11 is 1.54. The van der Waals surface area contributed by atoms with Gasteiger partial charge in [-0.1, -0.05) is 36.4 Å². The van der Waals surface area contributed by atoms with E-state index >= 15 is 0 Å². The first kappa shape index (κ1) is 16.8. The van der Waals surface area contributed by atoms with E-state index in [1.165, 1.54) is 16.9 Å². The zero-order valence-electron chi connectivity index (χ0n) is 14.3. The summed E-state index contributed by atoms with van der Waals surface area (Å²) in [4.78, 5) is 18.5. The molecule has 132 valence electrons. The molecule has 2 saturated heterocycles. The van der Waals surface area contributed by atoms with Crippen LogP contribution in [0, 0.1) is 0 Å². The molecule has 0 aliphatic carbocycles. The summed E-state index contributed by atoms with van der Waals surface area (Å²) in [5, 5.41) is 1.98. The van der Waals surface area contributed by atoms with Crippen LogP contribution in [0.25, 0.3) is 0 Å². The minimum atomic E-state index is 0.187. The molecule has 2 aliphatic heterocycles. The number of carbonyl (C=O) groups is 1. The quantitative estimate of drug-likeness (QED) is 0.844. The zero-order chi connectivity index (χ0) is 17.1. The molecule has 2 aromatic rings. The molecule has 4 nitrogen and oxygen atoms in total. The number of benzene rings is 1. The molecule has 0 radical (unpaired) electrons. The predicted octanol–water partition coefficient (Wildman–Crippen LogP) is 2.91. The highest BCUT2D eigenvalue weighted by Crippen LogP contribution is 2.29. The van der Waals surface area contributed by atoms with E-state index in [4.69, 9.17) is 4.74 Å². The minimum Gasteiger partial charge on any atom is -0.379 e. The van der Waals surface area contributed by atoms with Crippen LogP contribution < -0.4 is 0 Å². The Morgan fingerprint density at radius 3 is 2.60 bits per heavy atom. The Bertz CT molecular complexity index is 683. The van der Waals surface area contributed by atoms with Gasteiger partial charge in [-0.3, -0.25) is 9.69 Å². The number of thiophene rings is 1. The number of rotatable bonds is 4. The van der Waals surface area contributed by atoms with Gasteiger partial charge >= 0.3 is 0 Å². The van der Waals surface area contributed by atoms with Gasteiger partial charge in [-0.25, -0.2) is 0 Å². The van der Waals surface area contributed by atoms with Crippen LogP contribution in [-0.4, -0.2) is 60.6 Å². The van der Waals surface area contributed by atoms with E-state index in [2.05, 4.69) is 34.1 Å². The highest BCUT2D eigenvalue weighted by molar-refractivity contribution is 7.12. The van der Waals surface area contributed by atoms with E-state index in [1.54, 1.807) is 0 Å². The van der Waals surface area contributed by atoms with Crippen molar-refractivity contribution in [2.75, 3.05) is 32.8 Å². The molecule has 1 amide bonds. The van der Waals surface area contributed by atoms with Gasteiger partial charge in [-0.15, -0.1) is 11.3 Å². The van der Waals surface area contributed by atoms with Crippen LogP contribution in [0.2, 0.25) is 0 Å². The summed E-state index contributed by atoms with van der Waals surface area (Å²) in [5.74, 6) is 0.187. The summed E-state index contributed by atoms with van der Waals surface area (Å²) in [6.45, 7) is 4.38. The Hall–Kier alpha value is -1.69. The SMILES string of the molecule is O=C(c1cccs1)N1CC[C@H](N2CCOCC2)[C@H]1Cc1ccccc1. The lowest BCUT2D eigenvalue weighted by molar-refractivity contribution is 0.00868. The van der Waals surface area contributed by atoms with Crippen molar-refractivity contribution in [1.29, 1.82) is 0 Å². The second-order valence-electron chi connectivity index (χ2n) is 6.74. The van der Waals surface area contributed by atoms with Crippen molar-refractivity contribution in [2.24, 2.45) is 0 Å². The van der Waals surface area contributed by atoms with Crippen molar-refractivity contribution in [2.45, 2.75) is 24.9 Å². The highest BCUT2D eigenvalue weighted by Gasteiger charge is 2.40. The van der Waals surface area contributed by atoms with Gasteiger partial charge < -0.3 is 9.64 Å². The van der Waals surface area contributed by atoms with E-state index in [0.29, 0.717) is 6.04 Å². The third kappa shape index (κ3) is 3.64. The maximum atomic E-state index is 13.0. The standard InChI is InChI=1S/C20H24N2O2S/c23-20(19-7-4-14-25-19)22-9-8-17(21-10-12-24-13-11-21)18(22)15-16-5-2-1-3-6-16/h1-7,14,17-18H,8-13,15H2/t17-,18+/m0/s1. The topological polar surface area (TPSA) is 32.8 Å². The second kappa shape index (κ2) is 7.68. The lowest BCUT2D eigenvalue weighted by atomic mass is 9.98. The number of hydrogen-bond donors (Lipinski definition) is 0. The molecule has 1 aromatic heterocycles. The molecular weight excluding hydrogens is 332 g/mol. The largest absolute Gasteiger partial charge is 0.379 e. The number of morpholine rings is 1. The van der Waals surface area contributed by atoms with Crippen LogP contribution in [0.1, 0.15) is 21.7 Å². The van der Waals surface area contributed by atoms with E-state index < -0.39 is 0 Å². The summed E-state index contributed by atoms with van der Waals surface area (Å²) in [6, 6.07) is 15.1. The number of nitrogens with zero attached hydrogens (tertiary/aromatic N) is 2. The van der Waals surface area contributed by atoms with E-state index in [9.17, 15) is 4.79 Å². The third-order valence-corrected chi connectivity index (χ3v) is 6.16. The molecule has 3 heterocycles. The lowest BCUT2D eigenvalue weighted by Gasteiger charge is -2.37. The minimum absolute atomic E-state index is 0.187. The Kier molecular flexibility index (Phi) is 5.15. The Morgan fingerprint density at radius 1 is 1.08 bits per heavy atom. The van der Waals surface area contributed by atoms with E-state index in [1.807, 2.05) is 23.6 Å². The van der Waals surface area contributed by atoms with Gasteiger partial charge in [0.1, 0.15) is 0 Å². The molecule has 2 atom stereocenters. The van der Waals surface area contributed by atoms with Gasteiger partial charge in [0.15, 0.2) is 0 Å². The van der Waals surface area contributed by atoms with Gasteiger partial charge in [0, 0.05) is 25.7 Å². The van der Waals surface area contributed by atoms with Crippen LogP contribution in [0.3, 0.4) is 0 Å². The maximum Gasteiger partial charge on any atom is 0.264 e. The van der Waals surface area contributed by atoms with Gasteiger partial charge in [0.2, 0.25) is 0 Å². The highest BCUT2D eigenvalue weighted by atomic mass is 32.1. The molecule has 2 aliphatic rings. The number of hydrogen-bond acceptors (Lipinski definition) is 4. The Balaban J connectivity index is 1.58. The van der Waals surface area contributed by atoms with Gasteiger partial charge in [-0.05, 0) is 29.9 Å². The summed E-state index contributed by atoms with van der Waals surface area (Å²) in [7, 11) is 0. The first-order valence-electron chi connectivity index (χ1n) is 9.03. The Morgan fingerprint density at radius 2 is 1.88 bits per heavy atom. The molecule has 25 heavy (non-hydrogen) atoms. The molecule has 2 fully saturated rings. The van der Waals surface area contributed by atoms with Crippen LogP contribution in [0.15, 0.2) is 47.8 Å². The fourth-order valence-electron chi connectivity index (χ4n) is 4.07. The van der Waals surface area contributed by atoms with Crippen molar-refractivity contribution in [3.63, 3.8) is 0 Å². The van der Waals surface area contributed by atoms with Crippen LogP contribution in [-0.2, 0) is 11.2 Å². The normalized spacial score (nSPS) is 24.6. The first-order chi connectivity index (χ1) is 12.3. The monoisotopic (exact) mass is 356 g/mol. The average Bonchev–Trinajstić information content (AvgIpc) is 3.33. The van der Waals surface area contributed by atoms with Crippen LogP contribution in [0.5, 0.6) is 0 Å². The molecule has 1 aromatic carbocycles. The smallest absolute Gasteiger partial charge is 0.264 e.